The molecular weight excluding hydrogens is 436 g/mol. The van der Waals surface area contributed by atoms with Gasteiger partial charge in [-0.05, 0) is 43.3 Å². The fourth-order valence-electron chi connectivity index (χ4n) is 4.96. The molecule has 0 saturated carbocycles. The van der Waals surface area contributed by atoms with Crippen molar-refractivity contribution in [3.8, 4) is 0 Å². The first-order valence-corrected chi connectivity index (χ1v) is 11.0. The summed E-state index contributed by atoms with van der Waals surface area (Å²) >= 11 is 0. The third kappa shape index (κ3) is 2.62. The third-order valence-electron chi connectivity index (χ3n) is 6.57. The summed E-state index contributed by atoms with van der Waals surface area (Å²) in [5.74, 6) is -2.09. The Morgan fingerprint density at radius 1 is 0.765 bits per heavy atom. The zero-order valence-corrected chi connectivity index (χ0v) is 18.3. The minimum Gasteiger partial charge on any atom is -0.390 e. The smallest absolute Gasteiger partial charge is 0.280 e. The van der Waals surface area contributed by atoms with Crippen LogP contribution in [-0.4, -0.2) is 69.5 Å². The molecule has 9 heteroatoms. The van der Waals surface area contributed by atoms with E-state index in [0.29, 0.717) is 23.0 Å². The van der Waals surface area contributed by atoms with E-state index in [1.165, 1.54) is 17.1 Å². The van der Waals surface area contributed by atoms with Gasteiger partial charge in [-0.3, -0.25) is 24.2 Å². The van der Waals surface area contributed by atoms with Crippen molar-refractivity contribution in [3.05, 3.63) is 76.9 Å². The van der Waals surface area contributed by atoms with Crippen LogP contribution in [0.25, 0.3) is 10.8 Å². The van der Waals surface area contributed by atoms with Gasteiger partial charge in [0.25, 0.3) is 23.6 Å². The number of hydrazine groups is 2. The lowest BCUT2D eigenvalue weighted by molar-refractivity contribution is -0.0955. The Balaban J connectivity index is 1.51. The molecule has 0 aromatic heterocycles. The van der Waals surface area contributed by atoms with E-state index in [-0.39, 0.29) is 35.3 Å². The molecule has 3 aromatic rings. The van der Waals surface area contributed by atoms with Crippen LogP contribution in [0.4, 0.5) is 5.69 Å². The van der Waals surface area contributed by atoms with Crippen molar-refractivity contribution in [1.29, 1.82) is 0 Å². The molecule has 0 aliphatic carbocycles. The number of hydrogen-bond donors (Lipinski definition) is 1. The van der Waals surface area contributed by atoms with Crippen molar-refractivity contribution in [2.45, 2.75) is 13.0 Å². The third-order valence-corrected chi connectivity index (χ3v) is 6.57. The van der Waals surface area contributed by atoms with Gasteiger partial charge < -0.3 is 5.11 Å². The minimum atomic E-state index is -0.593. The molecule has 0 bridgehead atoms. The van der Waals surface area contributed by atoms with Crippen LogP contribution in [0.3, 0.4) is 0 Å². The van der Waals surface area contributed by atoms with E-state index in [0.717, 1.165) is 10.0 Å². The molecule has 6 rings (SSSR count). The molecule has 3 heterocycles. The standard InChI is InChI=1S/C25H20N4O5/c1-2-27(14-6-4-3-5-7-14)29-24(33)18-10-8-16-20-17(9-11-19(21(18)20)25(29)34)23(32)28(22(16)31)26-12-15(30)13-26/h3-11,15,30H,2,12-13H2,1H3. The average Bonchev–Trinajstić information content (AvgIpc) is 2.83. The Morgan fingerprint density at radius 3 is 1.68 bits per heavy atom. The van der Waals surface area contributed by atoms with Crippen LogP contribution in [-0.2, 0) is 0 Å². The van der Waals surface area contributed by atoms with Crippen LogP contribution in [0.15, 0.2) is 54.6 Å². The quantitative estimate of drug-likeness (QED) is 0.600. The summed E-state index contributed by atoms with van der Waals surface area (Å²) in [7, 11) is 0. The van der Waals surface area contributed by atoms with E-state index in [2.05, 4.69) is 0 Å². The second kappa shape index (κ2) is 7.21. The number of carbonyl (C=O) groups excluding carboxylic acids is 4. The molecule has 3 aliphatic heterocycles. The van der Waals surface area contributed by atoms with Crippen LogP contribution < -0.4 is 5.01 Å². The number of amides is 4. The topological polar surface area (TPSA) is 101 Å². The van der Waals surface area contributed by atoms with Crippen molar-refractivity contribution >= 4 is 40.1 Å². The highest BCUT2D eigenvalue weighted by atomic mass is 16.3. The lowest BCUT2D eigenvalue weighted by Crippen LogP contribution is -2.63. The van der Waals surface area contributed by atoms with Gasteiger partial charge in [0.1, 0.15) is 0 Å². The SMILES string of the molecule is CCN(c1ccccc1)N1C(=O)c2ccc3c4c(ccc(c24)C1=O)C(=O)N(N1CC(O)C1)C3=O. The summed E-state index contributed by atoms with van der Waals surface area (Å²) in [6.07, 6.45) is -0.593. The van der Waals surface area contributed by atoms with Crippen molar-refractivity contribution in [2.24, 2.45) is 0 Å². The molecule has 4 amide bonds. The Kier molecular flexibility index (Phi) is 4.35. The van der Waals surface area contributed by atoms with Gasteiger partial charge in [0.2, 0.25) is 0 Å². The number of β-amino-alcohol motifs (C(OH)–C–C–N with tert-alkyl or cyclic N) is 1. The van der Waals surface area contributed by atoms with Crippen LogP contribution in [0.1, 0.15) is 48.4 Å². The normalized spacial score (nSPS) is 18.1. The zero-order valence-electron chi connectivity index (χ0n) is 18.3. The molecule has 1 saturated heterocycles. The maximum absolute atomic E-state index is 13.6. The van der Waals surface area contributed by atoms with Gasteiger partial charge in [0.15, 0.2) is 0 Å². The van der Waals surface area contributed by atoms with Crippen LogP contribution in [0, 0.1) is 0 Å². The summed E-state index contributed by atoms with van der Waals surface area (Å²) in [4.78, 5) is 53.7. The summed E-state index contributed by atoms with van der Waals surface area (Å²) in [5.41, 5.74) is 1.72. The molecule has 0 spiro atoms. The van der Waals surface area contributed by atoms with Crippen molar-refractivity contribution in [3.63, 3.8) is 0 Å². The summed E-state index contributed by atoms with van der Waals surface area (Å²) in [6, 6.07) is 15.3. The molecule has 170 valence electrons. The highest BCUT2D eigenvalue weighted by Gasteiger charge is 2.44. The number of imide groups is 2. The molecule has 1 N–H and O–H groups in total. The van der Waals surface area contributed by atoms with Gasteiger partial charge in [0.05, 0.1) is 34.0 Å². The maximum Gasteiger partial charge on any atom is 0.280 e. The van der Waals surface area contributed by atoms with E-state index < -0.39 is 29.7 Å². The van der Waals surface area contributed by atoms with Crippen molar-refractivity contribution < 1.29 is 24.3 Å². The number of rotatable bonds is 4. The zero-order chi connectivity index (χ0) is 23.7. The second-order valence-corrected chi connectivity index (χ2v) is 8.49. The van der Waals surface area contributed by atoms with Gasteiger partial charge in [-0.15, -0.1) is 0 Å². The molecule has 1 fully saturated rings. The summed E-state index contributed by atoms with van der Waals surface area (Å²) in [5, 5.41) is 15.6. The van der Waals surface area contributed by atoms with Crippen LogP contribution in [0.2, 0.25) is 0 Å². The largest absolute Gasteiger partial charge is 0.390 e. The Morgan fingerprint density at radius 2 is 1.24 bits per heavy atom. The molecule has 0 unspecified atom stereocenters. The number of aliphatic hydroxyl groups excluding tert-OH is 1. The summed E-state index contributed by atoms with van der Waals surface area (Å²) in [6.45, 7) is 2.60. The molecule has 3 aliphatic rings. The van der Waals surface area contributed by atoms with Gasteiger partial charge in [-0.2, -0.15) is 5.01 Å². The molecule has 9 nitrogen and oxygen atoms in total. The Hall–Kier alpha value is -4.08. The predicted molar refractivity (Wildman–Crippen MR) is 122 cm³/mol. The highest BCUT2D eigenvalue weighted by molar-refractivity contribution is 6.33. The predicted octanol–water partition coefficient (Wildman–Crippen LogP) is 2.06. The molecule has 3 aromatic carbocycles. The lowest BCUT2D eigenvalue weighted by Gasteiger charge is -2.44. The first-order valence-electron chi connectivity index (χ1n) is 11.0. The van der Waals surface area contributed by atoms with Gasteiger partial charge in [0, 0.05) is 30.4 Å². The minimum absolute atomic E-state index is 0.185. The highest BCUT2D eigenvalue weighted by Crippen LogP contribution is 2.39. The number of hydrogen-bond acceptors (Lipinski definition) is 7. The van der Waals surface area contributed by atoms with E-state index in [1.807, 2.05) is 37.3 Å². The van der Waals surface area contributed by atoms with Gasteiger partial charge in [-0.25, -0.2) is 10.0 Å². The second-order valence-electron chi connectivity index (χ2n) is 8.49. The van der Waals surface area contributed by atoms with E-state index >= 15 is 0 Å². The van der Waals surface area contributed by atoms with Crippen molar-refractivity contribution in [1.82, 2.24) is 15.0 Å². The first-order chi connectivity index (χ1) is 16.4. The number of para-hydroxylation sites is 1. The molecule has 34 heavy (non-hydrogen) atoms. The fraction of sp³-hybridized carbons (Fsp3) is 0.200. The van der Waals surface area contributed by atoms with Crippen LogP contribution in [0.5, 0.6) is 0 Å². The molecule has 0 atom stereocenters. The van der Waals surface area contributed by atoms with Crippen molar-refractivity contribution in [2.75, 3.05) is 24.6 Å². The maximum atomic E-state index is 13.6. The van der Waals surface area contributed by atoms with Gasteiger partial charge in [-0.1, -0.05) is 18.2 Å². The summed E-state index contributed by atoms with van der Waals surface area (Å²) < 4.78 is 0. The lowest BCUT2D eigenvalue weighted by atomic mass is 9.86. The Bertz CT molecular complexity index is 1340. The average molecular weight is 456 g/mol. The first kappa shape index (κ1) is 20.5. The monoisotopic (exact) mass is 456 g/mol. The van der Waals surface area contributed by atoms with E-state index in [4.69, 9.17) is 0 Å². The van der Waals surface area contributed by atoms with E-state index in [1.54, 1.807) is 17.1 Å². The molecular formula is C25H20N4O5. The number of benzene rings is 3. The molecule has 0 radical (unpaired) electrons. The fourth-order valence-corrected chi connectivity index (χ4v) is 4.96. The Labute approximate surface area is 194 Å². The van der Waals surface area contributed by atoms with Crippen LogP contribution >= 0.6 is 0 Å². The van der Waals surface area contributed by atoms with E-state index in [9.17, 15) is 24.3 Å². The number of anilines is 1. The van der Waals surface area contributed by atoms with Gasteiger partial charge >= 0.3 is 0 Å². The number of carbonyl (C=O) groups is 4. The number of nitrogens with zero attached hydrogens (tertiary/aromatic N) is 4. The number of aliphatic hydroxyl groups is 1.